The van der Waals surface area contributed by atoms with Gasteiger partial charge in [0, 0.05) is 12.7 Å². The van der Waals surface area contributed by atoms with Crippen molar-refractivity contribution in [2.24, 2.45) is 5.84 Å². The zero-order chi connectivity index (χ0) is 12.0. The zero-order valence-electron chi connectivity index (χ0n) is 9.05. The summed E-state index contributed by atoms with van der Waals surface area (Å²) in [6, 6.07) is 9.81. The second kappa shape index (κ2) is 6.30. The SMILES string of the molecule is CC(=O)N(N)C(=O)CSCc1ccccc1. The van der Waals surface area contributed by atoms with Gasteiger partial charge in [-0.3, -0.25) is 9.59 Å². The normalized spacial score (nSPS) is 9.88. The highest BCUT2D eigenvalue weighted by Gasteiger charge is 2.12. The molecule has 4 nitrogen and oxygen atoms in total. The number of carbonyl (C=O) groups is 2. The minimum atomic E-state index is -0.440. The molecule has 2 amide bonds. The molecule has 0 heterocycles. The van der Waals surface area contributed by atoms with Gasteiger partial charge in [0.2, 0.25) is 5.91 Å². The molecule has 2 N–H and O–H groups in total. The van der Waals surface area contributed by atoms with Crippen molar-refractivity contribution >= 4 is 23.6 Å². The van der Waals surface area contributed by atoms with Gasteiger partial charge >= 0.3 is 0 Å². The first-order valence-corrected chi connectivity index (χ1v) is 5.96. The number of carbonyl (C=O) groups excluding carboxylic acids is 2. The highest BCUT2D eigenvalue weighted by molar-refractivity contribution is 7.99. The molecule has 0 radical (unpaired) electrons. The Kier molecular flexibility index (Phi) is 5.01. The Bertz CT molecular complexity index is 368. The number of benzene rings is 1. The number of nitrogens with two attached hydrogens (primary N) is 1. The van der Waals surface area contributed by atoms with E-state index in [9.17, 15) is 9.59 Å². The summed E-state index contributed by atoms with van der Waals surface area (Å²) in [6.45, 7) is 1.26. The van der Waals surface area contributed by atoms with Crippen LogP contribution in [0.25, 0.3) is 0 Å². The molecule has 0 saturated heterocycles. The average molecular weight is 238 g/mol. The van der Waals surface area contributed by atoms with Crippen molar-refractivity contribution in [3.05, 3.63) is 35.9 Å². The standard InChI is InChI=1S/C11H14N2O2S/c1-9(14)13(12)11(15)8-16-7-10-5-3-2-4-6-10/h2-6H,7-8,12H2,1H3. The van der Waals surface area contributed by atoms with Crippen LogP contribution >= 0.6 is 11.8 Å². The third kappa shape index (κ3) is 4.04. The molecule has 0 aliphatic carbocycles. The second-order valence-corrected chi connectivity index (χ2v) is 4.25. The van der Waals surface area contributed by atoms with Gasteiger partial charge in [0.25, 0.3) is 5.91 Å². The maximum Gasteiger partial charge on any atom is 0.253 e. The lowest BCUT2D eigenvalue weighted by atomic mass is 10.2. The Morgan fingerprint density at radius 2 is 1.94 bits per heavy atom. The molecule has 0 unspecified atom stereocenters. The largest absolute Gasteiger partial charge is 0.273 e. The molecule has 0 saturated carbocycles. The van der Waals surface area contributed by atoms with Crippen LogP contribution in [0.3, 0.4) is 0 Å². The fraction of sp³-hybridized carbons (Fsp3) is 0.273. The number of nitrogens with zero attached hydrogens (tertiary/aromatic N) is 1. The summed E-state index contributed by atoms with van der Waals surface area (Å²) in [7, 11) is 0. The van der Waals surface area contributed by atoms with Gasteiger partial charge in [0.15, 0.2) is 0 Å². The van der Waals surface area contributed by atoms with Crippen LogP contribution in [0.1, 0.15) is 12.5 Å². The van der Waals surface area contributed by atoms with Gasteiger partial charge in [-0.1, -0.05) is 30.3 Å². The van der Waals surface area contributed by atoms with Crippen molar-refractivity contribution < 1.29 is 9.59 Å². The Labute approximate surface area is 98.8 Å². The first-order chi connectivity index (χ1) is 7.61. The van der Waals surface area contributed by atoms with Crippen molar-refractivity contribution in [2.45, 2.75) is 12.7 Å². The maximum atomic E-state index is 11.3. The van der Waals surface area contributed by atoms with E-state index in [1.54, 1.807) is 0 Å². The average Bonchev–Trinajstić information content (AvgIpc) is 2.29. The maximum absolute atomic E-state index is 11.3. The molecule has 0 aliphatic heterocycles. The van der Waals surface area contributed by atoms with E-state index in [2.05, 4.69) is 0 Å². The van der Waals surface area contributed by atoms with E-state index < -0.39 is 5.91 Å². The molecule has 0 bridgehead atoms. The Hall–Kier alpha value is -1.33. The molecule has 1 rings (SSSR count). The number of rotatable bonds is 4. The summed E-state index contributed by atoms with van der Waals surface area (Å²) in [5.74, 6) is 5.40. The minimum absolute atomic E-state index is 0.213. The molecular formula is C11H14N2O2S. The highest BCUT2D eigenvalue weighted by Crippen LogP contribution is 2.11. The minimum Gasteiger partial charge on any atom is -0.273 e. The number of hydrogen-bond acceptors (Lipinski definition) is 4. The monoisotopic (exact) mass is 238 g/mol. The Balaban J connectivity index is 2.31. The van der Waals surface area contributed by atoms with Crippen molar-refractivity contribution in [1.29, 1.82) is 0 Å². The summed E-state index contributed by atoms with van der Waals surface area (Å²) in [5.41, 5.74) is 1.15. The predicted molar refractivity (Wildman–Crippen MR) is 64.3 cm³/mol. The smallest absolute Gasteiger partial charge is 0.253 e. The van der Waals surface area contributed by atoms with Gasteiger partial charge in [0.05, 0.1) is 5.75 Å². The van der Waals surface area contributed by atoms with E-state index in [1.165, 1.54) is 18.7 Å². The first-order valence-electron chi connectivity index (χ1n) is 4.81. The quantitative estimate of drug-likeness (QED) is 0.486. The van der Waals surface area contributed by atoms with Gasteiger partial charge in [-0.05, 0) is 5.56 Å². The summed E-state index contributed by atoms with van der Waals surface area (Å²) in [6.07, 6.45) is 0. The van der Waals surface area contributed by atoms with Crippen LogP contribution in [-0.2, 0) is 15.3 Å². The zero-order valence-corrected chi connectivity index (χ0v) is 9.87. The Morgan fingerprint density at radius 1 is 1.31 bits per heavy atom. The van der Waals surface area contributed by atoms with E-state index in [-0.39, 0.29) is 11.7 Å². The lowest BCUT2D eigenvalue weighted by Crippen LogP contribution is -2.42. The van der Waals surface area contributed by atoms with Crippen LogP contribution in [0, 0.1) is 0 Å². The number of thioether (sulfide) groups is 1. The van der Waals surface area contributed by atoms with Crippen LogP contribution in [0.4, 0.5) is 0 Å². The number of hydrazine groups is 1. The van der Waals surface area contributed by atoms with Crippen molar-refractivity contribution in [2.75, 3.05) is 5.75 Å². The fourth-order valence-corrected chi connectivity index (χ4v) is 1.92. The molecule has 16 heavy (non-hydrogen) atoms. The molecule has 0 spiro atoms. The fourth-order valence-electron chi connectivity index (χ4n) is 1.08. The summed E-state index contributed by atoms with van der Waals surface area (Å²) in [4.78, 5) is 22.1. The van der Waals surface area contributed by atoms with Gasteiger partial charge in [-0.25, -0.2) is 10.9 Å². The summed E-state index contributed by atoms with van der Waals surface area (Å²) < 4.78 is 0. The van der Waals surface area contributed by atoms with E-state index in [1.807, 2.05) is 30.3 Å². The third-order valence-corrected chi connectivity index (χ3v) is 2.93. The molecule has 0 atom stereocenters. The van der Waals surface area contributed by atoms with E-state index in [4.69, 9.17) is 5.84 Å². The van der Waals surface area contributed by atoms with Gasteiger partial charge in [-0.15, -0.1) is 11.8 Å². The highest BCUT2D eigenvalue weighted by atomic mass is 32.2. The predicted octanol–water partition coefficient (Wildman–Crippen LogP) is 1.17. The lowest BCUT2D eigenvalue weighted by Gasteiger charge is -2.11. The number of amides is 2. The van der Waals surface area contributed by atoms with Crippen molar-refractivity contribution in [3.63, 3.8) is 0 Å². The first kappa shape index (κ1) is 12.7. The number of hydrogen-bond donors (Lipinski definition) is 1. The topological polar surface area (TPSA) is 63.4 Å². The van der Waals surface area contributed by atoms with Gasteiger partial charge < -0.3 is 0 Å². The third-order valence-electron chi connectivity index (χ3n) is 1.95. The Morgan fingerprint density at radius 3 is 2.50 bits per heavy atom. The molecule has 1 aromatic carbocycles. The van der Waals surface area contributed by atoms with Crippen molar-refractivity contribution in [1.82, 2.24) is 5.01 Å². The molecule has 0 aromatic heterocycles. The molecule has 86 valence electrons. The number of imide groups is 1. The van der Waals surface area contributed by atoms with Crippen LogP contribution in [-0.4, -0.2) is 22.6 Å². The van der Waals surface area contributed by atoms with E-state index >= 15 is 0 Å². The lowest BCUT2D eigenvalue weighted by molar-refractivity contribution is -0.142. The van der Waals surface area contributed by atoms with Crippen LogP contribution in [0.15, 0.2) is 30.3 Å². The van der Waals surface area contributed by atoms with Crippen molar-refractivity contribution in [3.8, 4) is 0 Å². The van der Waals surface area contributed by atoms with Crippen LogP contribution < -0.4 is 5.84 Å². The van der Waals surface area contributed by atoms with E-state index in [0.29, 0.717) is 5.01 Å². The molecule has 0 aliphatic rings. The molecule has 5 heteroatoms. The molecule has 1 aromatic rings. The second-order valence-electron chi connectivity index (χ2n) is 3.26. The van der Waals surface area contributed by atoms with Crippen LogP contribution in [0.2, 0.25) is 0 Å². The summed E-state index contributed by atoms with van der Waals surface area (Å²) in [5, 5.41) is 0.651. The van der Waals surface area contributed by atoms with Crippen LogP contribution in [0.5, 0.6) is 0 Å². The van der Waals surface area contributed by atoms with Gasteiger partial charge in [0.1, 0.15) is 0 Å². The molecular weight excluding hydrogens is 224 g/mol. The van der Waals surface area contributed by atoms with E-state index in [0.717, 1.165) is 11.3 Å². The molecule has 0 fully saturated rings. The van der Waals surface area contributed by atoms with Gasteiger partial charge in [-0.2, -0.15) is 0 Å². The summed E-state index contributed by atoms with van der Waals surface area (Å²) >= 11 is 1.44.